The number of rotatable bonds is 7. The molecule has 1 aromatic rings. The molecule has 0 spiro atoms. The summed E-state index contributed by atoms with van der Waals surface area (Å²) in [7, 11) is 0. The van der Waals surface area contributed by atoms with Gasteiger partial charge in [0.25, 0.3) is 0 Å². The number of benzene rings is 1. The van der Waals surface area contributed by atoms with Gasteiger partial charge in [0.1, 0.15) is 0 Å². The van der Waals surface area contributed by atoms with Crippen LogP contribution in [0.3, 0.4) is 0 Å². The molecule has 29 heavy (non-hydrogen) atoms. The van der Waals surface area contributed by atoms with Gasteiger partial charge in [-0.15, -0.1) is 0 Å². The van der Waals surface area contributed by atoms with Gasteiger partial charge in [-0.3, -0.25) is 14.5 Å². The Labute approximate surface area is 175 Å². The number of amides is 2. The zero-order valence-corrected chi connectivity index (χ0v) is 18.0. The smallest absolute Gasteiger partial charge is 0.237 e. The van der Waals surface area contributed by atoms with Crippen LogP contribution in [-0.2, 0) is 16.0 Å². The predicted octanol–water partition coefficient (Wildman–Crippen LogP) is 1.75. The van der Waals surface area contributed by atoms with Gasteiger partial charge in [-0.05, 0) is 51.8 Å². The highest BCUT2D eigenvalue weighted by Crippen LogP contribution is 2.15. The van der Waals surface area contributed by atoms with Crippen molar-refractivity contribution in [3.8, 4) is 0 Å². The molecule has 1 unspecified atom stereocenters. The predicted molar refractivity (Wildman–Crippen MR) is 116 cm³/mol. The molecule has 0 saturated carbocycles. The van der Waals surface area contributed by atoms with Crippen molar-refractivity contribution in [3.05, 3.63) is 35.9 Å². The first-order chi connectivity index (χ1) is 14.0. The monoisotopic (exact) mass is 400 g/mol. The molecule has 2 fully saturated rings. The Morgan fingerprint density at radius 3 is 2.66 bits per heavy atom. The third kappa shape index (κ3) is 6.28. The fourth-order valence-corrected chi connectivity index (χ4v) is 4.45. The second-order valence-electron chi connectivity index (χ2n) is 8.51. The molecule has 2 saturated heterocycles. The first-order valence-electron chi connectivity index (χ1n) is 11.1. The molecule has 0 aromatic heterocycles. The van der Waals surface area contributed by atoms with E-state index in [2.05, 4.69) is 59.3 Å². The van der Waals surface area contributed by atoms with E-state index in [-0.39, 0.29) is 30.3 Å². The molecule has 0 bridgehead atoms. The summed E-state index contributed by atoms with van der Waals surface area (Å²) >= 11 is 0. The van der Waals surface area contributed by atoms with Crippen molar-refractivity contribution in [1.29, 1.82) is 0 Å². The van der Waals surface area contributed by atoms with Gasteiger partial charge in [0.2, 0.25) is 11.8 Å². The molecule has 160 valence electrons. The van der Waals surface area contributed by atoms with Gasteiger partial charge < -0.3 is 15.1 Å². The van der Waals surface area contributed by atoms with Crippen LogP contribution in [0.2, 0.25) is 0 Å². The molecule has 2 amide bonds. The lowest BCUT2D eigenvalue weighted by Gasteiger charge is -2.38. The van der Waals surface area contributed by atoms with E-state index in [0.29, 0.717) is 6.54 Å². The molecular formula is C23H36N4O2. The topological polar surface area (TPSA) is 55.9 Å². The van der Waals surface area contributed by atoms with Gasteiger partial charge in [0, 0.05) is 38.8 Å². The highest BCUT2D eigenvalue weighted by molar-refractivity contribution is 5.88. The van der Waals surface area contributed by atoms with Gasteiger partial charge in [-0.2, -0.15) is 0 Å². The van der Waals surface area contributed by atoms with Crippen LogP contribution in [-0.4, -0.2) is 84.4 Å². The molecule has 2 heterocycles. The summed E-state index contributed by atoms with van der Waals surface area (Å²) in [6, 6.07) is 10.6. The fraction of sp³-hybridized carbons (Fsp3) is 0.652. The summed E-state index contributed by atoms with van der Waals surface area (Å²) in [5.41, 5.74) is 1.39. The van der Waals surface area contributed by atoms with E-state index in [0.717, 1.165) is 58.5 Å². The third-order valence-corrected chi connectivity index (χ3v) is 6.13. The van der Waals surface area contributed by atoms with E-state index in [1.54, 1.807) is 0 Å². The standard InChI is InChI=1S/C23H36N4O2/c1-19(2)27-15-11-24-23(29)21(27)18-22(28)26-14-7-13-25(16-17-26)12-6-10-20-8-4-3-5-9-20/h3-5,8-9,19,21H,6-7,10-18H2,1-2H3,(H,24,29). The number of aryl methyl sites for hydroxylation is 1. The normalized spacial score (nSPS) is 21.8. The van der Waals surface area contributed by atoms with Crippen molar-refractivity contribution in [2.45, 2.75) is 51.6 Å². The van der Waals surface area contributed by atoms with Crippen molar-refractivity contribution >= 4 is 11.8 Å². The first kappa shape index (κ1) is 21.8. The van der Waals surface area contributed by atoms with Crippen molar-refractivity contribution in [2.75, 3.05) is 45.8 Å². The number of carbonyl (C=O) groups excluding carboxylic acids is 2. The van der Waals surface area contributed by atoms with Crippen molar-refractivity contribution in [3.63, 3.8) is 0 Å². The Hall–Kier alpha value is -1.92. The zero-order chi connectivity index (χ0) is 20.6. The molecule has 2 aliphatic heterocycles. The summed E-state index contributed by atoms with van der Waals surface area (Å²) in [5, 5.41) is 2.92. The van der Waals surface area contributed by atoms with E-state index in [9.17, 15) is 9.59 Å². The molecule has 0 aliphatic carbocycles. The fourth-order valence-electron chi connectivity index (χ4n) is 4.45. The van der Waals surface area contributed by atoms with E-state index in [1.807, 2.05) is 4.90 Å². The second-order valence-corrected chi connectivity index (χ2v) is 8.51. The summed E-state index contributed by atoms with van der Waals surface area (Å²) in [6.07, 6.45) is 3.53. The van der Waals surface area contributed by atoms with Crippen molar-refractivity contribution < 1.29 is 9.59 Å². The van der Waals surface area contributed by atoms with Crippen LogP contribution >= 0.6 is 0 Å². The lowest BCUT2D eigenvalue weighted by atomic mass is 10.1. The van der Waals surface area contributed by atoms with Crippen LogP contribution in [0.1, 0.15) is 38.7 Å². The molecule has 1 aromatic carbocycles. The lowest BCUT2D eigenvalue weighted by Crippen LogP contribution is -2.58. The molecule has 3 rings (SSSR count). The average Bonchev–Trinajstić information content (AvgIpc) is 2.96. The molecule has 6 nitrogen and oxygen atoms in total. The number of nitrogens with zero attached hydrogens (tertiary/aromatic N) is 3. The molecule has 1 atom stereocenters. The molecular weight excluding hydrogens is 364 g/mol. The van der Waals surface area contributed by atoms with Crippen molar-refractivity contribution in [2.24, 2.45) is 0 Å². The Morgan fingerprint density at radius 1 is 1.10 bits per heavy atom. The molecule has 6 heteroatoms. The van der Waals surface area contributed by atoms with Gasteiger partial charge in [0.05, 0.1) is 12.5 Å². The minimum Gasteiger partial charge on any atom is -0.353 e. The Kier molecular flexibility index (Phi) is 8.07. The quantitative estimate of drug-likeness (QED) is 0.758. The number of nitrogens with one attached hydrogen (secondary N) is 1. The lowest BCUT2D eigenvalue weighted by molar-refractivity contribution is -0.139. The zero-order valence-electron chi connectivity index (χ0n) is 18.0. The van der Waals surface area contributed by atoms with Crippen LogP contribution in [0.15, 0.2) is 30.3 Å². The Bertz CT molecular complexity index is 664. The van der Waals surface area contributed by atoms with Crippen molar-refractivity contribution in [1.82, 2.24) is 20.0 Å². The Morgan fingerprint density at radius 2 is 1.90 bits per heavy atom. The number of piperazine rings is 1. The van der Waals surface area contributed by atoms with E-state index in [1.165, 1.54) is 5.56 Å². The first-order valence-corrected chi connectivity index (χ1v) is 11.1. The maximum absolute atomic E-state index is 12.9. The average molecular weight is 401 g/mol. The highest BCUT2D eigenvalue weighted by atomic mass is 16.2. The van der Waals surface area contributed by atoms with Crippen LogP contribution in [0, 0.1) is 0 Å². The number of carbonyl (C=O) groups is 2. The minimum atomic E-state index is -0.332. The molecule has 0 radical (unpaired) electrons. The minimum absolute atomic E-state index is 0.00402. The molecule has 2 aliphatic rings. The van der Waals surface area contributed by atoms with Gasteiger partial charge in [-0.1, -0.05) is 30.3 Å². The third-order valence-electron chi connectivity index (χ3n) is 6.13. The summed E-state index contributed by atoms with van der Waals surface area (Å²) in [4.78, 5) is 31.9. The highest BCUT2D eigenvalue weighted by Gasteiger charge is 2.34. The van der Waals surface area contributed by atoms with Crippen LogP contribution in [0.25, 0.3) is 0 Å². The Balaban J connectivity index is 1.45. The summed E-state index contributed by atoms with van der Waals surface area (Å²) in [6.45, 7) is 10.3. The van der Waals surface area contributed by atoms with Gasteiger partial charge in [-0.25, -0.2) is 0 Å². The number of hydrogen-bond donors (Lipinski definition) is 1. The SMILES string of the molecule is CC(C)N1CCNC(=O)C1CC(=O)N1CCCN(CCCc2ccccc2)CC1. The maximum Gasteiger partial charge on any atom is 0.237 e. The maximum atomic E-state index is 12.9. The molecule has 1 N–H and O–H groups in total. The van der Waals surface area contributed by atoms with E-state index < -0.39 is 0 Å². The largest absolute Gasteiger partial charge is 0.353 e. The summed E-state index contributed by atoms with van der Waals surface area (Å²) in [5.74, 6) is 0.111. The number of hydrogen-bond acceptors (Lipinski definition) is 4. The van der Waals surface area contributed by atoms with Gasteiger partial charge in [0.15, 0.2) is 0 Å². The summed E-state index contributed by atoms with van der Waals surface area (Å²) < 4.78 is 0. The van der Waals surface area contributed by atoms with Crippen LogP contribution in [0.4, 0.5) is 0 Å². The van der Waals surface area contributed by atoms with Gasteiger partial charge >= 0.3 is 0 Å². The van der Waals surface area contributed by atoms with E-state index in [4.69, 9.17) is 0 Å². The second kappa shape index (κ2) is 10.7. The van der Waals surface area contributed by atoms with E-state index >= 15 is 0 Å². The van der Waals surface area contributed by atoms with Crippen LogP contribution < -0.4 is 5.32 Å². The van der Waals surface area contributed by atoms with Crippen LogP contribution in [0.5, 0.6) is 0 Å².